The molecule has 3 aromatic carbocycles. The van der Waals surface area contributed by atoms with Gasteiger partial charge in [-0.1, -0.05) is 52.3 Å². The molecule has 0 amide bonds. The molecule has 0 bridgehead atoms. The van der Waals surface area contributed by atoms with Crippen LogP contribution in [0.1, 0.15) is 18.5 Å². The molecule has 1 atom stereocenters. The van der Waals surface area contributed by atoms with Crippen molar-refractivity contribution in [3.8, 4) is 5.75 Å². The predicted molar refractivity (Wildman–Crippen MR) is 104 cm³/mol. The molecular weight excluding hydrogens is 459 g/mol. The van der Waals surface area contributed by atoms with Crippen molar-refractivity contribution in [2.24, 2.45) is 0 Å². The van der Waals surface area contributed by atoms with Gasteiger partial charge in [0.15, 0.2) is 5.75 Å². The van der Waals surface area contributed by atoms with E-state index < -0.39 is 33.1 Å². The van der Waals surface area contributed by atoms with E-state index in [2.05, 4.69) is 25.4 Å². The largest absolute Gasteiger partial charge is 0.573 e. The maximum absolute atomic E-state index is 12.7. The number of fused-ring (bicyclic) bond motifs is 1. The second kappa shape index (κ2) is 7.73. The molecule has 9 heteroatoms. The van der Waals surface area contributed by atoms with E-state index in [1.807, 2.05) is 36.4 Å². The van der Waals surface area contributed by atoms with Gasteiger partial charge in [-0.15, -0.1) is 13.2 Å². The molecule has 148 valence electrons. The number of sulfonamides is 1. The number of ether oxygens (including phenoxy) is 1. The second-order valence-corrected chi connectivity index (χ2v) is 8.69. The van der Waals surface area contributed by atoms with Crippen molar-refractivity contribution < 1.29 is 26.3 Å². The highest BCUT2D eigenvalue weighted by atomic mass is 79.9. The fourth-order valence-electron chi connectivity index (χ4n) is 2.75. The van der Waals surface area contributed by atoms with Crippen LogP contribution in [0.5, 0.6) is 5.75 Å². The Morgan fingerprint density at radius 3 is 2.36 bits per heavy atom. The van der Waals surface area contributed by atoms with E-state index in [1.165, 1.54) is 6.07 Å². The summed E-state index contributed by atoms with van der Waals surface area (Å²) < 4.78 is 70.0. The van der Waals surface area contributed by atoms with Gasteiger partial charge in [-0.25, -0.2) is 13.1 Å². The molecule has 0 spiro atoms. The van der Waals surface area contributed by atoms with Crippen molar-refractivity contribution in [2.45, 2.75) is 24.2 Å². The molecule has 3 aromatic rings. The van der Waals surface area contributed by atoms with Crippen molar-refractivity contribution in [1.82, 2.24) is 4.72 Å². The van der Waals surface area contributed by atoms with Crippen LogP contribution in [-0.2, 0) is 10.0 Å². The topological polar surface area (TPSA) is 55.4 Å². The summed E-state index contributed by atoms with van der Waals surface area (Å²) in [5.41, 5.74) is 0.678. The zero-order chi connectivity index (χ0) is 20.5. The van der Waals surface area contributed by atoms with Crippen LogP contribution in [0.3, 0.4) is 0 Å². The van der Waals surface area contributed by atoms with Gasteiger partial charge in [0, 0.05) is 10.5 Å². The molecule has 0 saturated carbocycles. The third-order valence-electron chi connectivity index (χ3n) is 4.03. The second-order valence-electron chi connectivity index (χ2n) is 6.09. The van der Waals surface area contributed by atoms with Gasteiger partial charge in [-0.05, 0) is 47.5 Å². The third kappa shape index (κ3) is 4.84. The van der Waals surface area contributed by atoms with Gasteiger partial charge < -0.3 is 4.74 Å². The first-order chi connectivity index (χ1) is 13.0. The minimum atomic E-state index is -5.02. The molecule has 0 saturated heterocycles. The van der Waals surface area contributed by atoms with Crippen LogP contribution in [0.2, 0.25) is 0 Å². The molecule has 1 N–H and O–H groups in total. The van der Waals surface area contributed by atoms with Gasteiger partial charge >= 0.3 is 6.36 Å². The number of halogens is 4. The number of rotatable bonds is 5. The van der Waals surface area contributed by atoms with Crippen molar-refractivity contribution in [3.63, 3.8) is 0 Å². The van der Waals surface area contributed by atoms with E-state index in [1.54, 1.807) is 13.0 Å². The lowest BCUT2D eigenvalue weighted by molar-refractivity contribution is -0.275. The Morgan fingerprint density at radius 1 is 1.00 bits per heavy atom. The molecule has 0 aliphatic rings. The molecule has 0 radical (unpaired) electrons. The van der Waals surface area contributed by atoms with E-state index in [-0.39, 0.29) is 4.47 Å². The Labute approximate surface area is 168 Å². The highest BCUT2D eigenvalue weighted by molar-refractivity contribution is 9.10. The maximum atomic E-state index is 12.7. The number of nitrogens with one attached hydrogen (secondary N) is 1. The molecule has 0 unspecified atom stereocenters. The Bertz CT molecular complexity index is 1120. The first-order valence-electron chi connectivity index (χ1n) is 8.11. The lowest BCUT2D eigenvalue weighted by Gasteiger charge is -2.18. The normalized spacial score (nSPS) is 13.5. The van der Waals surface area contributed by atoms with E-state index in [9.17, 15) is 21.6 Å². The average molecular weight is 474 g/mol. The summed E-state index contributed by atoms with van der Waals surface area (Å²) >= 11 is 3.02. The van der Waals surface area contributed by atoms with E-state index in [0.29, 0.717) is 5.56 Å². The first kappa shape index (κ1) is 20.6. The molecule has 3 rings (SSSR count). The Balaban J connectivity index is 1.92. The van der Waals surface area contributed by atoms with Crippen molar-refractivity contribution in [2.75, 3.05) is 0 Å². The van der Waals surface area contributed by atoms with Crippen LogP contribution in [-0.4, -0.2) is 14.8 Å². The van der Waals surface area contributed by atoms with E-state index >= 15 is 0 Å². The van der Waals surface area contributed by atoms with Crippen LogP contribution in [0.4, 0.5) is 13.2 Å². The van der Waals surface area contributed by atoms with Crippen molar-refractivity contribution in [3.05, 3.63) is 70.7 Å². The van der Waals surface area contributed by atoms with Crippen LogP contribution in [0.15, 0.2) is 70.0 Å². The standard InChI is InChI=1S/C19H15BrF3NO3S/c1-12(14-7-6-13-4-2-3-5-15(13)10-14)24-28(25,26)18-9-8-16(20)11-17(18)27-19(21,22)23/h2-12,24H,1H3/t12-/m0/s1. The first-order valence-corrected chi connectivity index (χ1v) is 10.4. The van der Waals surface area contributed by atoms with Crippen LogP contribution < -0.4 is 9.46 Å². The van der Waals surface area contributed by atoms with Gasteiger partial charge in [-0.3, -0.25) is 0 Å². The molecular formula is C19H15BrF3NO3S. The molecule has 0 aliphatic carbocycles. The Morgan fingerprint density at radius 2 is 1.68 bits per heavy atom. The summed E-state index contributed by atoms with van der Waals surface area (Å²) in [4.78, 5) is -0.597. The fourth-order valence-corrected chi connectivity index (χ4v) is 4.43. The van der Waals surface area contributed by atoms with E-state index in [0.717, 1.165) is 22.9 Å². The highest BCUT2D eigenvalue weighted by Gasteiger charge is 2.34. The smallest absolute Gasteiger partial charge is 0.404 e. The monoisotopic (exact) mass is 473 g/mol. The van der Waals surface area contributed by atoms with Crippen molar-refractivity contribution >= 4 is 36.7 Å². The fraction of sp³-hybridized carbons (Fsp3) is 0.158. The zero-order valence-electron chi connectivity index (χ0n) is 14.5. The highest BCUT2D eigenvalue weighted by Crippen LogP contribution is 2.33. The SMILES string of the molecule is C[C@H](NS(=O)(=O)c1ccc(Br)cc1OC(F)(F)F)c1ccc2ccccc2c1. The lowest BCUT2D eigenvalue weighted by Crippen LogP contribution is -2.28. The van der Waals surface area contributed by atoms with Gasteiger partial charge in [0.1, 0.15) is 4.90 Å². The van der Waals surface area contributed by atoms with Gasteiger partial charge in [0.2, 0.25) is 10.0 Å². The van der Waals surface area contributed by atoms with Gasteiger partial charge in [0.05, 0.1) is 0 Å². The number of hydrogen-bond donors (Lipinski definition) is 1. The molecule has 0 fully saturated rings. The summed E-state index contributed by atoms with van der Waals surface area (Å²) in [7, 11) is -4.28. The quantitative estimate of drug-likeness (QED) is 0.529. The molecule has 0 heterocycles. The number of hydrogen-bond acceptors (Lipinski definition) is 3. The number of alkyl halides is 3. The minimum absolute atomic E-state index is 0.258. The summed E-state index contributed by atoms with van der Waals surface area (Å²) in [6.07, 6.45) is -5.02. The van der Waals surface area contributed by atoms with Crippen molar-refractivity contribution in [1.29, 1.82) is 0 Å². The predicted octanol–water partition coefficient (Wildman–Crippen LogP) is 5.54. The molecule has 0 aromatic heterocycles. The maximum Gasteiger partial charge on any atom is 0.573 e. The summed E-state index contributed by atoms with van der Waals surface area (Å²) in [5, 5.41) is 1.92. The summed E-state index contributed by atoms with van der Waals surface area (Å²) in [5.74, 6) is -0.805. The van der Waals surface area contributed by atoms with Gasteiger partial charge in [0.25, 0.3) is 0 Å². The minimum Gasteiger partial charge on any atom is -0.404 e. The lowest BCUT2D eigenvalue weighted by atomic mass is 10.0. The zero-order valence-corrected chi connectivity index (χ0v) is 16.9. The van der Waals surface area contributed by atoms with Crippen LogP contribution in [0, 0.1) is 0 Å². The summed E-state index contributed by atoms with van der Waals surface area (Å²) in [6.45, 7) is 1.62. The Kier molecular flexibility index (Phi) is 5.69. The average Bonchev–Trinajstić information content (AvgIpc) is 2.59. The summed E-state index contributed by atoms with van der Waals surface area (Å²) in [6, 6.07) is 15.7. The van der Waals surface area contributed by atoms with Crippen LogP contribution >= 0.6 is 15.9 Å². The number of benzene rings is 3. The Hall–Kier alpha value is -2.10. The van der Waals surface area contributed by atoms with Crippen LogP contribution in [0.25, 0.3) is 10.8 Å². The molecule has 4 nitrogen and oxygen atoms in total. The third-order valence-corrected chi connectivity index (χ3v) is 6.10. The molecule has 0 aliphatic heterocycles. The van der Waals surface area contributed by atoms with E-state index in [4.69, 9.17) is 0 Å². The molecule has 28 heavy (non-hydrogen) atoms. The van der Waals surface area contributed by atoms with Gasteiger partial charge in [-0.2, -0.15) is 0 Å².